The zero-order valence-corrected chi connectivity index (χ0v) is 12.5. The summed E-state index contributed by atoms with van der Waals surface area (Å²) in [6, 6.07) is 9.31. The molecule has 0 saturated heterocycles. The zero-order valence-electron chi connectivity index (χ0n) is 11.0. The number of amides is 1. The molecule has 0 aliphatic carbocycles. The Morgan fingerprint density at radius 1 is 1.10 bits per heavy atom. The second-order valence-electron chi connectivity index (χ2n) is 4.39. The molecule has 0 fully saturated rings. The minimum absolute atomic E-state index is 0.0626. The lowest BCUT2D eigenvalue weighted by Gasteiger charge is -2.10. The smallest absolute Gasteiger partial charge is 0.339 e. The van der Waals surface area contributed by atoms with Gasteiger partial charge in [-0.2, -0.15) is 0 Å². The molecular formula is C15H11Cl2NO3. The van der Waals surface area contributed by atoms with Crippen LogP contribution in [0.25, 0.3) is 0 Å². The number of aryl methyl sites for hydroxylation is 1. The molecule has 0 bridgehead atoms. The van der Waals surface area contributed by atoms with E-state index in [1.165, 1.54) is 12.1 Å². The highest BCUT2D eigenvalue weighted by atomic mass is 35.5. The van der Waals surface area contributed by atoms with E-state index in [1.807, 2.05) is 0 Å². The van der Waals surface area contributed by atoms with Gasteiger partial charge in [0.25, 0.3) is 5.91 Å². The number of benzene rings is 2. The Bertz CT molecular complexity index is 729. The summed E-state index contributed by atoms with van der Waals surface area (Å²) < 4.78 is 0. The number of carboxylic acids is 1. The van der Waals surface area contributed by atoms with E-state index in [4.69, 9.17) is 28.3 Å². The van der Waals surface area contributed by atoms with Gasteiger partial charge < -0.3 is 10.4 Å². The van der Waals surface area contributed by atoms with Crippen LogP contribution >= 0.6 is 23.2 Å². The molecule has 1 amide bonds. The van der Waals surface area contributed by atoms with Crippen molar-refractivity contribution in [2.75, 3.05) is 5.32 Å². The fraction of sp³-hybridized carbons (Fsp3) is 0.0667. The van der Waals surface area contributed by atoms with Gasteiger partial charge in [0.15, 0.2) is 0 Å². The van der Waals surface area contributed by atoms with Crippen LogP contribution in [-0.2, 0) is 0 Å². The van der Waals surface area contributed by atoms with Crippen LogP contribution in [0.2, 0.25) is 10.0 Å². The average Bonchev–Trinajstić information content (AvgIpc) is 2.41. The predicted octanol–water partition coefficient (Wildman–Crippen LogP) is 4.25. The van der Waals surface area contributed by atoms with Gasteiger partial charge in [-0.25, -0.2) is 4.79 Å². The van der Waals surface area contributed by atoms with Crippen molar-refractivity contribution in [1.29, 1.82) is 0 Å². The van der Waals surface area contributed by atoms with E-state index in [0.717, 1.165) is 5.56 Å². The minimum Gasteiger partial charge on any atom is -0.478 e. The number of anilines is 1. The standard InChI is InChI=1S/C15H11Cl2NO3/c1-8-7-9(5-6-10(8)16)14(19)18-12-4-2-3-11(17)13(12)15(20)21/h2-7H,1H3,(H,18,19)(H,20,21). The second-order valence-corrected chi connectivity index (χ2v) is 5.20. The van der Waals surface area contributed by atoms with Crippen LogP contribution < -0.4 is 5.32 Å². The summed E-state index contributed by atoms with van der Waals surface area (Å²) in [5, 5.41) is 12.3. The van der Waals surface area contributed by atoms with Gasteiger partial charge in [0.2, 0.25) is 0 Å². The Labute approximate surface area is 131 Å². The lowest BCUT2D eigenvalue weighted by molar-refractivity contribution is 0.0698. The van der Waals surface area contributed by atoms with Crippen LogP contribution in [0.4, 0.5) is 5.69 Å². The van der Waals surface area contributed by atoms with Crippen LogP contribution in [-0.4, -0.2) is 17.0 Å². The Morgan fingerprint density at radius 2 is 1.81 bits per heavy atom. The van der Waals surface area contributed by atoms with Gasteiger partial charge in [0, 0.05) is 10.6 Å². The highest BCUT2D eigenvalue weighted by Gasteiger charge is 2.17. The van der Waals surface area contributed by atoms with Gasteiger partial charge >= 0.3 is 5.97 Å². The third kappa shape index (κ3) is 3.35. The largest absolute Gasteiger partial charge is 0.478 e. The maximum absolute atomic E-state index is 12.2. The first kappa shape index (κ1) is 15.4. The van der Waals surface area contributed by atoms with Crippen molar-refractivity contribution >= 4 is 40.8 Å². The number of halogens is 2. The summed E-state index contributed by atoms with van der Waals surface area (Å²) >= 11 is 11.8. The molecule has 6 heteroatoms. The molecule has 0 spiro atoms. The number of carbonyl (C=O) groups excluding carboxylic acids is 1. The van der Waals surface area contributed by atoms with Gasteiger partial charge in [-0.05, 0) is 42.8 Å². The van der Waals surface area contributed by atoms with E-state index in [9.17, 15) is 9.59 Å². The fourth-order valence-electron chi connectivity index (χ4n) is 1.83. The van der Waals surface area contributed by atoms with Gasteiger partial charge in [-0.3, -0.25) is 4.79 Å². The molecular weight excluding hydrogens is 313 g/mol. The van der Waals surface area contributed by atoms with E-state index in [2.05, 4.69) is 5.32 Å². The maximum atomic E-state index is 12.2. The molecule has 2 N–H and O–H groups in total. The molecule has 108 valence electrons. The van der Waals surface area contributed by atoms with Crippen LogP contribution in [0.1, 0.15) is 26.3 Å². The first-order valence-electron chi connectivity index (χ1n) is 5.99. The van der Waals surface area contributed by atoms with E-state index >= 15 is 0 Å². The Morgan fingerprint density at radius 3 is 2.43 bits per heavy atom. The number of nitrogens with one attached hydrogen (secondary N) is 1. The van der Waals surface area contributed by atoms with Crippen molar-refractivity contribution in [3.05, 3.63) is 63.1 Å². The van der Waals surface area contributed by atoms with Crippen LogP contribution in [0.15, 0.2) is 36.4 Å². The number of hydrogen-bond donors (Lipinski definition) is 2. The monoisotopic (exact) mass is 323 g/mol. The number of rotatable bonds is 3. The number of hydrogen-bond acceptors (Lipinski definition) is 2. The number of carboxylic acid groups (broad SMARTS) is 1. The molecule has 0 unspecified atom stereocenters. The van der Waals surface area contributed by atoms with Crippen LogP contribution in [0, 0.1) is 6.92 Å². The molecule has 2 rings (SSSR count). The Balaban J connectivity index is 2.34. The second kappa shape index (κ2) is 6.16. The van der Waals surface area contributed by atoms with Gasteiger partial charge in [-0.15, -0.1) is 0 Å². The molecule has 0 saturated carbocycles. The first-order chi connectivity index (χ1) is 9.90. The molecule has 0 heterocycles. The highest BCUT2D eigenvalue weighted by Crippen LogP contribution is 2.25. The maximum Gasteiger partial charge on any atom is 0.339 e. The summed E-state index contributed by atoms with van der Waals surface area (Å²) in [6.45, 7) is 1.78. The lowest BCUT2D eigenvalue weighted by atomic mass is 10.1. The van der Waals surface area contributed by atoms with Gasteiger partial charge in [0.1, 0.15) is 5.56 Å². The summed E-state index contributed by atoms with van der Waals surface area (Å²) in [6.07, 6.45) is 0. The van der Waals surface area contributed by atoms with E-state index in [1.54, 1.807) is 31.2 Å². The highest BCUT2D eigenvalue weighted by molar-refractivity contribution is 6.34. The van der Waals surface area contributed by atoms with E-state index < -0.39 is 11.9 Å². The van der Waals surface area contributed by atoms with Crippen molar-refractivity contribution in [3.63, 3.8) is 0 Å². The fourth-order valence-corrected chi connectivity index (χ4v) is 2.20. The molecule has 21 heavy (non-hydrogen) atoms. The summed E-state index contributed by atoms with van der Waals surface area (Å²) in [4.78, 5) is 23.4. The molecule has 4 nitrogen and oxygen atoms in total. The van der Waals surface area contributed by atoms with Gasteiger partial charge in [0.05, 0.1) is 10.7 Å². The molecule has 0 radical (unpaired) electrons. The van der Waals surface area contributed by atoms with Crippen molar-refractivity contribution in [3.8, 4) is 0 Å². The molecule has 2 aromatic carbocycles. The topological polar surface area (TPSA) is 66.4 Å². The molecule has 0 aliphatic rings. The average molecular weight is 324 g/mol. The first-order valence-corrected chi connectivity index (χ1v) is 6.75. The zero-order chi connectivity index (χ0) is 15.6. The molecule has 0 atom stereocenters. The number of aromatic carboxylic acids is 1. The van der Waals surface area contributed by atoms with Gasteiger partial charge in [-0.1, -0.05) is 29.3 Å². The molecule has 0 aliphatic heterocycles. The Hall–Kier alpha value is -2.04. The normalized spacial score (nSPS) is 10.2. The number of carbonyl (C=O) groups is 2. The third-order valence-corrected chi connectivity index (χ3v) is 3.63. The third-order valence-electron chi connectivity index (χ3n) is 2.90. The van der Waals surface area contributed by atoms with E-state index in [0.29, 0.717) is 10.6 Å². The van der Waals surface area contributed by atoms with Crippen molar-refractivity contribution in [1.82, 2.24) is 0 Å². The van der Waals surface area contributed by atoms with Crippen molar-refractivity contribution in [2.24, 2.45) is 0 Å². The molecule has 0 aromatic heterocycles. The summed E-state index contributed by atoms with van der Waals surface area (Å²) in [7, 11) is 0. The summed E-state index contributed by atoms with van der Waals surface area (Å²) in [5.41, 5.74) is 1.15. The SMILES string of the molecule is Cc1cc(C(=O)Nc2cccc(Cl)c2C(=O)O)ccc1Cl. The van der Waals surface area contributed by atoms with Crippen molar-refractivity contribution in [2.45, 2.75) is 6.92 Å². The van der Waals surface area contributed by atoms with Crippen LogP contribution in [0.3, 0.4) is 0 Å². The van der Waals surface area contributed by atoms with Crippen LogP contribution in [0.5, 0.6) is 0 Å². The summed E-state index contributed by atoms with van der Waals surface area (Å²) in [5.74, 6) is -1.64. The van der Waals surface area contributed by atoms with E-state index in [-0.39, 0.29) is 16.3 Å². The predicted molar refractivity (Wildman–Crippen MR) is 82.6 cm³/mol. The Kier molecular flexibility index (Phi) is 4.50. The molecule has 2 aromatic rings. The van der Waals surface area contributed by atoms with Crippen molar-refractivity contribution < 1.29 is 14.7 Å². The lowest BCUT2D eigenvalue weighted by Crippen LogP contribution is -2.15. The minimum atomic E-state index is -1.21. The quantitative estimate of drug-likeness (QED) is 0.887.